The quantitative estimate of drug-likeness (QED) is 0.670. The van der Waals surface area contributed by atoms with Crippen LogP contribution in [0.2, 0.25) is 0 Å². The number of anilines is 3. The molecular weight excluding hydrogens is 338 g/mol. The molecule has 0 saturated carbocycles. The van der Waals surface area contributed by atoms with Crippen molar-refractivity contribution in [2.45, 2.75) is 20.8 Å². The van der Waals surface area contributed by atoms with E-state index in [2.05, 4.69) is 27.8 Å². The summed E-state index contributed by atoms with van der Waals surface area (Å²) in [5.74, 6) is 0.486. The maximum Gasteiger partial charge on any atom is 0.274 e. The lowest BCUT2D eigenvalue weighted by Crippen LogP contribution is -2.15. The van der Waals surface area contributed by atoms with Gasteiger partial charge in [-0.3, -0.25) is 9.78 Å². The smallest absolute Gasteiger partial charge is 0.274 e. The maximum atomic E-state index is 12.7. The lowest BCUT2D eigenvalue weighted by atomic mass is 10.0. The van der Waals surface area contributed by atoms with Crippen molar-refractivity contribution in [2.24, 2.45) is 0 Å². The molecule has 3 rings (SSSR count). The summed E-state index contributed by atoms with van der Waals surface area (Å²) in [5, 5.41) is 6.25. The average Bonchev–Trinajstić information content (AvgIpc) is 2.65. The molecule has 0 unspecified atom stereocenters. The molecule has 0 fully saturated rings. The van der Waals surface area contributed by atoms with Gasteiger partial charge in [-0.1, -0.05) is 29.8 Å². The van der Waals surface area contributed by atoms with E-state index in [1.165, 1.54) is 5.56 Å². The highest BCUT2D eigenvalue weighted by atomic mass is 16.5. The predicted octanol–water partition coefficient (Wildman–Crippen LogP) is 5.01. The molecule has 1 amide bonds. The van der Waals surface area contributed by atoms with Gasteiger partial charge >= 0.3 is 0 Å². The van der Waals surface area contributed by atoms with Gasteiger partial charge in [0.15, 0.2) is 0 Å². The van der Waals surface area contributed by atoms with E-state index in [-0.39, 0.29) is 5.91 Å². The van der Waals surface area contributed by atoms with E-state index in [4.69, 9.17) is 4.74 Å². The first-order valence-electron chi connectivity index (χ1n) is 8.73. The van der Waals surface area contributed by atoms with Crippen LogP contribution >= 0.6 is 0 Å². The van der Waals surface area contributed by atoms with Gasteiger partial charge in [0.05, 0.1) is 12.8 Å². The van der Waals surface area contributed by atoms with Crippen molar-refractivity contribution in [1.82, 2.24) is 4.98 Å². The Morgan fingerprint density at radius 3 is 2.41 bits per heavy atom. The number of nitrogens with zero attached hydrogens (tertiary/aromatic N) is 1. The fourth-order valence-electron chi connectivity index (χ4n) is 3.09. The van der Waals surface area contributed by atoms with Gasteiger partial charge in [-0.05, 0) is 56.2 Å². The second-order valence-corrected chi connectivity index (χ2v) is 6.48. The van der Waals surface area contributed by atoms with E-state index in [1.807, 2.05) is 51.1 Å². The summed E-state index contributed by atoms with van der Waals surface area (Å²) in [6, 6.07) is 15.3. The standard InChI is InChI=1S/C22H23N3O2/c1-14-11-15(2)21(16(3)12-14)25-22(26)19-13-17(9-10-23-19)24-18-7-5-6-8-20(18)27-4/h5-13H,1-4H3,(H,23,24)(H,25,26). The van der Waals surface area contributed by atoms with Gasteiger partial charge in [0, 0.05) is 17.6 Å². The van der Waals surface area contributed by atoms with Crippen LogP contribution in [0.3, 0.4) is 0 Å². The Balaban J connectivity index is 1.82. The van der Waals surface area contributed by atoms with Gasteiger partial charge in [0.2, 0.25) is 0 Å². The minimum atomic E-state index is -0.242. The molecule has 1 aromatic heterocycles. The van der Waals surface area contributed by atoms with Gasteiger partial charge in [-0.2, -0.15) is 0 Å². The molecule has 2 aromatic carbocycles. The van der Waals surface area contributed by atoms with Gasteiger partial charge in [0.1, 0.15) is 11.4 Å². The predicted molar refractivity (Wildman–Crippen MR) is 109 cm³/mol. The zero-order chi connectivity index (χ0) is 19.4. The Hall–Kier alpha value is -3.34. The summed E-state index contributed by atoms with van der Waals surface area (Å²) >= 11 is 0. The number of nitrogens with one attached hydrogen (secondary N) is 2. The molecule has 0 aliphatic heterocycles. The maximum absolute atomic E-state index is 12.7. The molecule has 1 heterocycles. The molecule has 0 saturated heterocycles. The molecule has 0 bridgehead atoms. The Labute approximate surface area is 159 Å². The summed E-state index contributed by atoms with van der Waals surface area (Å²) in [5.41, 5.74) is 5.99. The number of hydrogen-bond acceptors (Lipinski definition) is 4. The molecule has 0 aliphatic carbocycles. The average molecular weight is 361 g/mol. The number of benzene rings is 2. The van der Waals surface area contributed by atoms with E-state index in [1.54, 1.807) is 19.4 Å². The van der Waals surface area contributed by atoms with Crippen LogP contribution in [0.25, 0.3) is 0 Å². The van der Waals surface area contributed by atoms with Crippen LogP contribution < -0.4 is 15.4 Å². The van der Waals surface area contributed by atoms with Crippen molar-refractivity contribution in [3.05, 3.63) is 77.1 Å². The molecule has 0 radical (unpaired) electrons. The van der Waals surface area contributed by atoms with Crippen LogP contribution in [0, 0.1) is 20.8 Å². The fraction of sp³-hybridized carbons (Fsp3) is 0.182. The molecule has 5 heteroatoms. The van der Waals surface area contributed by atoms with E-state index in [0.717, 1.165) is 33.9 Å². The molecule has 2 N–H and O–H groups in total. The van der Waals surface area contributed by atoms with Gasteiger partial charge in [-0.25, -0.2) is 0 Å². The van der Waals surface area contributed by atoms with E-state index < -0.39 is 0 Å². The Bertz CT molecular complexity index is 960. The number of pyridine rings is 1. The number of amides is 1. The van der Waals surface area contributed by atoms with Gasteiger partial charge < -0.3 is 15.4 Å². The number of methoxy groups -OCH3 is 1. The molecule has 138 valence electrons. The van der Waals surface area contributed by atoms with E-state index >= 15 is 0 Å². The second kappa shape index (κ2) is 7.91. The third-order valence-electron chi connectivity index (χ3n) is 4.29. The van der Waals surface area contributed by atoms with Crippen LogP contribution in [-0.4, -0.2) is 18.0 Å². The summed E-state index contributed by atoms with van der Waals surface area (Å²) < 4.78 is 5.35. The highest BCUT2D eigenvalue weighted by molar-refractivity contribution is 6.04. The van der Waals surface area contributed by atoms with Crippen molar-refractivity contribution < 1.29 is 9.53 Å². The highest BCUT2D eigenvalue weighted by Crippen LogP contribution is 2.27. The summed E-state index contributed by atoms with van der Waals surface area (Å²) in [4.78, 5) is 16.9. The first-order valence-corrected chi connectivity index (χ1v) is 8.73. The van der Waals surface area contributed by atoms with Crippen LogP contribution in [0.15, 0.2) is 54.7 Å². The third-order valence-corrected chi connectivity index (χ3v) is 4.29. The lowest BCUT2D eigenvalue weighted by Gasteiger charge is -2.14. The number of ether oxygens (including phenoxy) is 1. The van der Waals surface area contributed by atoms with Crippen molar-refractivity contribution in [2.75, 3.05) is 17.7 Å². The Kier molecular flexibility index (Phi) is 5.41. The zero-order valence-electron chi connectivity index (χ0n) is 16.0. The first-order chi connectivity index (χ1) is 13.0. The van der Waals surface area contributed by atoms with Crippen LogP contribution in [0.1, 0.15) is 27.2 Å². The third kappa shape index (κ3) is 4.26. The summed E-state index contributed by atoms with van der Waals surface area (Å²) in [6.07, 6.45) is 1.61. The molecular formula is C22H23N3O2. The number of aryl methyl sites for hydroxylation is 3. The Morgan fingerprint density at radius 1 is 1.00 bits per heavy atom. The van der Waals surface area contributed by atoms with Crippen molar-refractivity contribution >= 4 is 23.0 Å². The lowest BCUT2D eigenvalue weighted by molar-refractivity contribution is 0.102. The molecule has 3 aromatic rings. The van der Waals surface area contributed by atoms with Crippen molar-refractivity contribution in [3.63, 3.8) is 0 Å². The normalized spacial score (nSPS) is 10.4. The molecule has 5 nitrogen and oxygen atoms in total. The first kappa shape index (κ1) is 18.5. The number of aromatic nitrogens is 1. The molecule has 27 heavy (non-hydrogen) atoms. The van der Waals surface area contributed by atoms with Gasteiger partial charge in [0.25, 0.3) is 5.91 Å². The number of hydrogen-bond donors (Lipinski definition) is 2. The number of rotatable bonds is 5. The zero-order valence-corrected chi connectivity index (χ0v) is 16.0. The van der Waals surface area contributed by atoms with Crippen molar-refractivity contribution in [1.29, 1.82) is 0 Å². The molecule has 0 atom stereocenters. The molecule has 0 spiro atoms. The van der Waals surface area contributed by atoms with Gasteiger partial charge in [-0.15, -0.1) is 0 Å². The summed E-state index contributed by atoms with van der Waals surface area (Å²) in [6.45, 7) is 6.02. The van der Waals surface area contributed by atoms with Crippen LogP contribution in [0.4, 0.5) is 17.1 Å². The topological polar surface area (TPSA) is 63.2 Å². The van der Waals surface area contributed by atoms with E-state index in [0.29, 0.717) is 5.69 Å². The summed E-state index contributed by atoms with van der Waals surface area (Å²) in [7, 11) is 1.62. The highest BCUT2D eigenvalue weighted by Gasteiger charge is 2.12. The number of carbonyl (C=O) groups is 1. The minimum absolute atomic E-state index is 0.242. The second-order valence-electron chi connectivity index (χ2n) is 6.48. The SMILES string of the molecule is COc1ccccc1Nc1ccnc(C(=O)Nc2c(C)cc(C)cc2C)c1. The van der Waals surface area contributed by atoms with Crippen LogP contribution in [0.5, 0.6) is 5.75 Å². The van der Waals surface area contributed by atoms with Crippen LogP contribution in [-0.2, 0) is 0 Å². The largest absolute Gasteiger partial charge is 0.495 e. The number of carbonyl (C=O) groups excluding carboxylic acids is 1. The Morgan fingerprint density at radius 2 is 1.70 bits per heavy atom. The fourth-order valence-corrected chi connectivity index (χ4v) is 3.09. The number of para-hydroxylation sites is 2. The minimum Gasteiger partial charge on any atom is -0.495 e. The van der Waals surface area contributed by atoms with E-state index in [9.17, 15) is 4.79 Å². The van der Waals surface area contributed by atoms with Crippen molar-refractivity contribution in [3.8, 4) is 5.75 Å². The monoisotopic (exact) mass is 361 g/mol. The molecule has 0 aliphatic rings.